The molecular formula is C10H14BN3O7S. The quantitative estimate of drug-likeness (QED) is 0.187. The number of nitro benzene ring substituents is 1. The Bertz CT molecular complexity index is 677. The molecule has 0 saturated carbocycles. The first-order valence-electron chi connectivity index (χ1n) is 5.98. The molecule has 0 saturated heterocycles. The highest BCUT2D eigenvalue weighted by molar-refractivity contribution is 7.88. The second kappa shape index (κ2) is 7.31. The number of hydrogen-bond donors (Lipinski definition) is 4. The van der Waals surface area contributed by atoms with Crippen LogP contribution in [0.2, 0.25) is 0 Å². The second-order valence-electron chi connectivity index (χ2n) is 4.37. The van der Waals surface area contributed by atoms with Gasteiger partial charge >= 0.3 is 7.12 Å². The Hall–Kier alpha value is -2.02. The van der Waals surface area contributed by atoms with Gasteiger partial charge in [0.2, 0.25) is 10.0 Å². The number of non-ortho nitro benzene ring substituents is 1. The van der Waals surface area contributed by atoms with E-state index in [2.05, 4.69) is 10.0 Å². The molecule has 4 N–H and O–H groups in total. The summed E-state index contributed by atoms with van der Waals surface area (Å²) in [4.78, 5) is 21.8. The second-order valence-corrected chi connectivity index (χ2v) is 6.20. The number of rotatable bonds is 7. The maximum atomic E-state index is 11.8. The van der Waals surface area contributed by atoms with E-state index in [9.17, 15) is 23.3 Å². The van der Waals surface area contributed by atoms with Gasteiger partial charge in [0, 0.05) is 30.8 Å². The molecule has 0 radical (unpaired) electrons. The summed E-state index contributed by atoms with van der Waals surface area (Å²) in [5.41, 5.74) is -0.810. The fourth-order valence-electron chi connectivity index (χ4n) is 1.53. The molecule has 0 aliphatic rings. The summed E-state index contributed by atoms with van der Waals surface area (Å²) >= 11 is 0. The molecule has 1 amide bonds. The van der Waals surface area contributed by atoms with Gasteiger partial charge in [-0.3, -0.25) is 14.9 Å². The van der Waals surface area contributed by atoms with Crippen LogP contribution in [0.3, 0.4) is 0 Å². The van der Waals surface area contributed by atoms with Gasteiger partial charge in [-0.05, 0) is 11.5 Å². The molecule has 1 rings (SSSR count). The van der Waals surface area contributed by atoms with E-state index in [4.69, 9.17) is 10.0 Å². The molecule has 12 heteroatoms. The van der Waals surface area contributed by atoms with Gasteiger partial charge < -0.3 is 15.4 Å². The molecular weight excluding hydrogens is 317 g/mol. The van der Waals surface area contributed by atoms with E-state index in [1.54, 1.807) is 0 Å². The van der Waals surface area contributed by atoms with Gasteiger partial charge in [0.05, 0.1) is 11.2 Å². The summed E-state index contributed by atoms with van der Waals surface area (Å²) in [5, 5.41) is 31.2. The van der Waals surface area contributed by atoms with E-state index >= 15 is 0 Å². The molecule has 1 aromatic rings. The van der Waals surface area contributed by atoms with Gasteiger partial charge in [0.1, 0.15) is 0 Å². The van der Waals surface area contributed by atoms with Crippen molar-refractivity contribution in [1.82, 2.24) is 10.0 Å². The zero-order chi connectivity index (χ0) is 16.9. The lowest BCUT2D eigenvalue weighted by molar-refractivity contribution is -0.384. The van der Waals surface area contributed by atoms with E-state index in [0.717, 1.165) is 24.5 Å². The highest BCUT2D eigenvalue weighted by Crippen LogP contribution is 2.12. The predicted octanol–water partition coefficient (Wildman–Crippen LogP) is -2.45. The topological polar surface area (TPSA) is 159 Å². The maximum Gasteiger partial charge on any atom is 0.488 e. The van der Waals surface area contributed by atoms with Crippen molar-refractivity contribution in [3.05, 3.63) is 33.9 Å². The summed E-state index contributed by atoms with van der Waals surface area (Å²) in [5.74, 6) is -0.707. The molecule has 0 atom stereocenters. The Morgan fingerprint density at radius 2 is 1.95 bits per heavy atom. The molecule has 0 aliphatic heterocycles. The molecule has 22 heavy (non-hydrogen) atoms. The summed E-state index contributed by atoms with van der Waals surface area (Å²) < 4.78 is 23.8. The van der Waals surface area contributed by atoms with Crippen molar-refractivity contribution in [3.8, 4) is 0 Å². The largest absolute Gasteiger partial charge is 0.488 e. The predicted molar refractivity (Wildman–Crippen MR) is 78.1 cm³/mol. The van der Waals surface area contributed by atoms with Gasteiger partial charge in [0.15, 0.2) is 0 Å². The third-order valence-electron chi connectivity index (χ3n) is 2.49. The van der Waals surface area contributed by atoms with Gasteiger partial charge in [-0.15, -0.1) is 0 Å². The summed E-state index contributed by atoms with van der Waals surface area (Å²) in [6, 6.07) is 3.01. The number of nitrogens with one attached hydrogen (secondary N) is 2. The molecule has 0 fully saturated rings. The third-order valence-corrected chi connectivity index (χ3v) is 3.21. The average molecular weight is 331 g/mol. The lowest BCUT2D eigenvalue weighted by Gasteiger charge is -2.07. The molecule has 0 unspecified atom stereocenters. The van der Waals surface area contributed by atoms with Crippen molar-refractivity contribution >= 4 is 34.2 Å². The van der Waals surface area contributed by atoms with Crippen LogP contribution in [-0.2, 0) is 10.0 Å². The van der Waals surface area contributed by atoms with Crippen LogP contribution in [0.5, 0.6) is 0 Å². The first kappa shape index (κ1) is 18.0. The number of benzene rings is 1. The maximum absolute atomic E-state index is 11.8. The van der Waals surface area contributed by atoms with Crippen LogP contribution in [0, 0.1) is 10.1 Å². The van der Waals surface area contributed by atoms with Gasteiger partial charge in [0.25, 0.3) is 11.6 Å². The number of nitrogens with zero attached hydrogens (tertiary/aromatic N) is 1. The van der Waals surface area contributed by atoms with Crippen molar-refractivity contribution in [2.24, 2.45) is 0 Å². The van der Waals surface area contributed by atoms with Crippen molar-refractivity contribution in [1.29, 1.82) is 0 Å². The lowest BCUT2D eigenvalue weighted by Crippen LogP contribution is -2.35. The molecule has 10 nitrogen and oxygen atoms in total. The van der Waals surface area contributed by atoms with E-state index in [0.29, 0.717) is 0 Å². The standard InChI is InChI=1S/C10H14BN3O7S/c1-22(20,21)13-3-2-12-10(15)7-4-8(11(16)17)6-9(5-7)14(18)19/h4-6,13,16-17H,2-3H2,1H3,(H,12,15). The zero-order valence-electron chi connectivity index (χ0n) is 11.5. The van der Waals surface area contributed by atoms with E-state index in [-0.39, 0.29) is 24.1 Å². The minimum atomic E-state index is -3.38. The number of sulfonamides is 1. The fourth-order valence-corrected chi connectivity index (χ4v) is 2.01. The SMILES string of the molecule is CS(=O)(=O)NCCNC(=O)c1cc(B(O)O)cc([N+](=O)[O-])c1. The van der Waals surface area contributed by atoms with Crippen molar-refractivity contribution in [2.75, 3.05) is 19.3 Å². The first-order valence-corrected chi connectivity index (χ1v) is 7.87. The minimum absolute atomic E-state index is 0.0361. The van der Waals surface area contributed by atoms with Crippen LogP contribution in [0.15, 0.2) is 18.2 Å². The summed E-state index contributed by atoms with van der Waals surface area (Å²) in [6.45, 7) is -0.0827. The highest BCUT2D eigenvalue weighted by atomic mass is 32.2. The number of amides is 1. The van der Waals surface area contributed by atoms with Crippen LogP contribution in [-0.4, -0.2) is 55.8 Å². The molecule has 0 spiro atoms. The Morgan fingerprint density at radius 1 is 1.32 bits per heavy atom. The minimum Gasteiger partial charge on any atom is -0.423 e. The first-order chi connectivity index (χ1) is 10.1. The monoisotopic (exact) mass is 331 g/mol. The molecule has 0 bridgehead atoms. The molecule has 120 valence electrons. The number of hydrogen-bond acceptors (Lipinski definition) is 7. The zero-order valence-corrected chi connectivity index (χ0v) is 12.3. The van der Waals surface area contributed by atoms with Crippen LogP contribution in [0.1, 0.15) is 10.4 Å². The molecule has 1 aromatic carbocycles. The number of carbonyl (C=O) groups excluding carboxylic acids is 1. The molecule has 0 aliphatic carbocycles. The van der Waals surface area contributed by atoms with Crippen LogP contribution >= 0.6 is 0 Å². The van der Waals surface area contributed by atoms with E-state index in [1.165, 1.54) is 0 Å². The normalized spacial score (nSPS) is 11.0. The Morgan fingerprint density at radius 3 is 2.45 bits per heavy atom. The van der Waals surface area contributed by atoms with Crippen LogP contribution in [0.4, 0.5) is 5.69 Å². The van der Waals surface area contributed by atoms with Crippen LogP contribution < -0.4 is 15.5 Å². The van der Waals surface area contributed by atoms with Crippen molar-refractivity contribution < 1.29 is 28.2 Å². The lowest BCUT2D eigenvalue weighted by atomic mass is 9.79. The van der Waals surface area contributed by atoms with E-state index < -0.39 is 33.7 Å². The highest BCUT2D eigenvalue weighted by Gasteiger charge is 2.20. The Kier molecular flexibility index (Phi) is 5.99. The van der Waals surface area contributed by atoms with Crippen molar-refractivity contribution in [3.63, 3.8) is 0 Å². The fraction of sp³-hybridized carbons (Fsp3) is 0.300. The number of nitro groups is 1. The van der Waals surface area contributed by atoms with Crippen molar-refractivity contribution in [2.45, 2.75) is 0 Å². The van der Waals surface area contributed by atoms with Gasteiger partial charge in [-0.2, -0.15) is 0 Å². The average Bonchev–Trinajstić information content (AvgIpc) is 2.41. The van der Waals surface area contributed by atoms with Gasteiger partial charge in [-0.1, -0.05) is 0 Å². The number of carbonyl (C=O) groups is 1. The Balaban J connectivity index is 2.82. The summed E-state index contributed by atoms with van der Waals surface area (Å²) in [6.07, 6.45) is 0.963. The van der Waals surface area contributed by atoms with Gasteiger partial charge in [-0.25, -0.2) is 13.1 Å². The smallest absolute Gasteiger partial charge is 0.423 e. The summed E-state index contributed by atoms with van der Waals surface area (Å²) in [7, 11) is -5.34. The van der Waals surface area contributed by atoms with E-state index in [1.807, 2.05) is 0 Å². The molecule has 0 aromatic heterocycles. The third kappa shape index (κ3) is 5.77. The molecule has 0 heterocycles. The Labute approximate surface area is 126 Å². The van der Waals surface area contributed by atoms with Crippen LogP contribution in [0.25, 0.3) is 0 Å².